The van der Waals surface area contributed by atoms with E-state index in [9.17, 15) is 4.79 Å². The molecule has 1 atom stereocenters. The largest absolute Gasteiger partial charge is 0.379 e. The Labute approximate surface area is 195 Å². The van der Waals surface area contributed by atoms with Gasteiger partial charge in [-0.3, -0.25) is 9.36 Å². The maximum Gasteiger partial charge on any atom is 0.223 e. The van der Waals surface area contributed by atoms with Crippen molar-refractivity contribution in [3.05, 3.63) is 46.6 Å². The second-order valence-electron chi connectivity index (χ2n) is 9.57. The normalized spacial score (nSPS) is 19.4. The fourth-order valence-electron chi connectivity index (χ4n) is 4.81. The number of hydrogen-bond donors (Lipinski definition) is 1. The second kappa shape index (κ2) is 8.78. The second-order valence-corrected chi connectivity index (χ2v) is 9.57. The zero-order valence-electron chi connectivity index (χ0n) is 20.0. The number of pyridine rings is 1. The highest BCUT2D eigenvalue weighted by Gasteiger charge is 2.30. The van der Waals surface area contributed by atoms with Crippen molar-refractivity contribution in [2.45, 2.75) is 53.0 Å². The van der Waals surface area contributed by atoms with Crippen LogP contribution in [0.4, 0.5) is 5.95 Å². The number of fused-ring (bicyclic) bond motifs is 1. The minimum atomic E-state index is 0.0453. The van der Waals surface area contributed by atoms with Gasteiger partial charge in [0.25, 0.3) is 0 Å². The number of carbonyl (C=O) groups is 1. The number of ether oxygens (including phenoxy) is 1. The van der Waals surface area contributed by atoms with Crippen LogP contribution in [0, 0.1) is 33.6 Å². The smallest absolute Gasteiger partial charge is 0.223 e. The fourth-order valence-corrected chi connectivity index (χ4v) is 4.81. The van der Waals surface area contributed by atoms with Crippen LogP contribution in [0.3, 0.4) is 0 Å². The van der Waals surface area contributed by atoms with Gasteiger partial charge in [0, 0.05) is 31.3 Å². The molecule has 1 aromatic carbocycles. The lowest BCUT2D eigenvalue weighted by atomic mass is 9.95. The van der Waals surface area contributed by atoms with Gasteiger partial charge in [0.2, 0.25) is 11.9 Å². The van der Waals surface area contributed by atoms with Gasteiger partial charge < -0.3 is 15.0 Å². The molecule has 2 aliphatic rings. The van der Waals surface area contributed by atoms with Crippen LogP contribution >= 0.6 is 0 Å². The van der Waals surface area contributed by atoms with Crippen LogP contribution in [0.25, 0.3) is 16.9 Å². The van der Waals surface area contributed by atoms with E-state index in [4.69, 9.17) is 14.7 Å². The molecule has 0 bridgehead atoms. The summed E-state index contributed by atoms with van der Waals surface area (Å²) < 4.78 is 7.58. The summed E-state index contributed by atoms with van der Waals surface area (Å²) in [4.78, 5) is 25.0. The molecule has 4 heterocycles. The topological polar surface area (TPSA) is 72.3 Å². The zero-order chi connectivity index (χ0) is 23.1. The number of aryl methyl sites for hydroxylation is 4. The highest BCUT2D eigenvalue weighted by Crippen LogP contribution is 2.31. The van der Waals surface area contributed by atoms with Crippen molar-refractivity contribution < 1.29 is 9.53 Å². The molecule has 1 unspecified atom stereocenters. The van der Waals surface area contributed by atoms with E-state index in [0.717, 1.165) is 67.5 Å². The van der Waals surface area contributed by atoms with Gasteiger partial charge in [-0.05, 0) is 81.8 Å². The molecule has 3 aromatic rings. The molecule has 2 fully saturated rings. The molecule has 2 aromatic heterocycles. The summed E-state index contributed by atoms with van der Waals surface area (Å²) in [6, 6.07) is 8.74. The van der Waals surface area contributed by atoms with Crippen LogP contribution in [0.15, 0.2) is 24.3 Å². The molecule has 0 spiro atoms. The molecule has 1 N–H and O–H groups in total. The molecule has 7 heteroatoms. The van der Waals surface area contributed by atoms with Gasteiger partial charge in [-0.2, -0.15) is 0 Å². The molecule has 2 aliphatic heterocycles. The molecular formula is C26H33N5O2. The number of carbonyl (C=O) groups excluding carboxylic acids is 1. The van der Waals surface area contributed by atoms with Crippen LogP contribution in [0.1, 0.15) is 41.6 Å². The average Bonchev–Trinajstić information content (AvgIpc) is 3.44. The Bertz CT molecular complexity index is 1190. The van der Waals surface area contributed by atoms with Gasteiger partial charge in [0.1, 0.15) is 5.82 Å². The highest BCUT2D eigenvalue weighted by molar-refractivity contribution is 5.83. The molecule has 7 nitrogen and oxygen atoms in total. The Balaban J connectivity index is 1.44. The molecule has 174 valence electrons. The monoisotopic (exact) mass is 447 g/mol. The number of amides is 1. The predicted molar refractivity (Wildman–Crippen MR) is 130 cm³/mol. The number of benzene rings is 1. The lowest BCUT2D eigenvalue weighted by molar-refractivity contribution is -0.126. The first-order chi connectivity index (χ1) is 15.9. The maximum atomic E-state index is 12.8. The van der Waals surface area contributed by atoms with Gasteiger partial charge >= 0.3 is 0 Å². The first-order valence-corrected chi connectivity index (χ1v) is 12.0. The van der Waals surface area contributed by atoms with Crippen molar-refractivity contribution in [2.24, 2.45) is 5.92 Å². The summed E-state index contributed by atoms with van der Waals surface area (Å²) in [5, 5.41) is 3.17. The predicted octanol–water partition coefficient (Wildman–Crippen LogP) is 3.78. The summed E-state index contributed by atoms with van der Waals surface area (Å²) >= 11 is 0. The van der Waals surface area contributed by atoms with E-state index in [2.05, 4.69) is 59.8 Å². The molecule has 0 saturated carbocycles. The number of imidazole rings is 1. The molecule has 0 aliphatic carbocycles. The van der Waals surface area contributed by atoms with Crippen molar-refractivity contribution in [1.29, 1.82) is 0 Å². The Hall–Kier alpha value is -2.93. The van der Waals surface area contributed by atoms with Crippen molar-refractivity contribution >= 4 is 22.9 Å². The Kier molecular flexibility index (Phi) is 5.83. The Morgan fingerprint density at radius 3 is 2.45 bits per heavy atom. The number of piperidine rings is 1. The number of anilines is 1. The number of nitrogens with one attached hydrogen (secondary N) is 1. The maximum absolute atomic E-state index is 12.8. The van der Waals surface area contributed by atoms with Crippen molar-refractivity contribution in [1.82, 2.24) is 19.9 Å². The summed E-state index contributed by atoms with van der Waals surface area (Å²) in [6.45, 7) is 11.4. The van der Waals surface area contributed by atoms with Gasteiger partial charge in [-0.1, -0.05) is 6.07 Å². The number of rotatable bonds is 4. The number of nitrogens with zero attached hydrogens (tertiary/aromatic N) is 4. The van der Waals surface area contributed by atoms with Crippen LogP contribution in [-0.4, -0.2) is 52.8 Å². The van der Waals surface area contributed by atoms with Crippen LogP contribution in [-0.2, 0) is 9.53 Å². The van der Waals surface area contributed by atoms with Crippen LogP contribution in [0.2, 0.25) is 0 Å². The van der Waals surface area contributed by atoms with Gasteiger partial charge in [0.05, 0.1) is 23.7 Å². The first kappa shape index (κ1) is 21.9. The van der Waals surface area contributed by atoms with Gasteiger partial charge in [-0.25, -0.2) is 9.97 Å². The van der Waals surface area contributed by atoms with E-state index >= 15 is 0 Å². The number of aromatic nitrogens is 3. The number of hydrogen-bond acceptors (Lipinski definition) is 5. The van der Waals surface area contributed by atoms with Gasteiger partial charge in [-0.15, -0.1) is 0 Å². The van der Waals surface area contributed by atoms with Crippen LogP contribution in [0.5, 0.6) is 0 Å². The third-order valence-corrected chi connectivity index (χ3v) is 7.24. The van der Waals surface area contributed by atoms with Crippen molar-refractivity contribution in [3.63, 3.8) is 0 Å². The summed E-state index contributed by atoms with van der Waals surface area (Å²) in [5.74, 6) is 2.01. The third kappa shape index (κ3) is 4.22. The molecule has 2 saturated heterocycles. The lowest BCUT2D eigenvalue weighted by Gasteiger charge is -2.32. The van der Waals surface area contributed by atoms with E-state index in [1.807, 2.05) is 6.92 Å². The van der Waals surface area contributed by atoms with Crippen molar-refractivity contribution in [2.75, 3.05) is 31.2 Å². The van der Waals surface area contributed by atoms with E-state index < -0.39 is 0 Å². The SMILES string of the molecule is Cc1cc2nc(N3CCC(C(=O)NC4CCOC4)CC3)n(-c3ccc(C)c(C)n3)c2cc1C. The minimum Gasteiger partial charge on any atom is -0.379 e. The molecular weight excluding hydrogens is 414 g/mol. The van der Waals surface area contributed by atoms with Gasteiger partial charge in [0.15, 0.2) is 0 Å². The average molecular weight is 448 g/mol. The Morgan fingerprint density at radius 1 is 1.00 bits per heavy atom. The third-order valence-electron chi connectivity index (χ3n) is 7.24. The molecule has 5 rings (SSSR count). The molecule has 1 amide bonds. The summed E-state index contributed by atoms with van der Waals surface area (Å²) in [7, 11) is 0. The first-order valence-electron chi connectivity index (χ1n) is 12.0. The lowest BCUT2D eigenvalue weighted by Crippen LogP contribution is -2.44. The van der Waals surface area contributed by atoms with Crippen molar-refractivity contribution in [3.8, 4) is 5.82 Å². The van der Waals surface area contributed by atoms with Crippen LogP contribution < -0.4 is 10.2 Å². The van der Waals surface area contributed by atoms with E-state index in [-0.39, 0.29) is 17.9 Å². The quantitative estimate of drug-likeness (QED) is 0.659. The molecule has 33 heavy (non-hydrogen) atoms. The minimum absolute atomic E-state index is 0.0453. The van der Waals surface area contributed by atoms with E-state index in [0.29, 0.717) is 6.61 Å². The molecule has 0 radical (unpaired) electrons. The zero-order valence-corrected chi connectivity index (χ0v) is 20.0. The standard InChI is InChI=1S/C26H33N5O2/c1-16-5-6-24(27-19(16)4)31-23-14-18(3)17(2)13-22(23)29-26(31)30-10-7-20(8-11-30)25(32)28-21-9-12-33-15-21/h5-6,13-14,20-21H,7-12,15H2,1-4H3,(H,28,32). The fraction of sp³-hybridized carbons (Fsp3) is 0.500. The Morgan fingerprint density at radius 2 is 1.76 bits per heavy atom. The summed E-state index contributed by atoms with van der Waals surface area (Å²) in [6.07, 6.45) is 2.55. The van der Waals surface area contributed by atoms with E-state index in [1.165, 1.54) is 16.7 Å². The highest BCUT2D eigenvalue weighted by atomic mass is 16.5. The summed E-state index contributed by atoms with van der Waals surface area (Å²) in [5.41, 5.74) is 6.73. The van der Waals surface area contributed by atoms with E-state index in [1.54, 1.807) is 0 Å².